The van der Waals surface area contributed by atoms with Crippen molar-refractivity contribution in [3.63, 3.8) is 0 Å². The molecule has 0 atom stereocenters. The van der Waals surface area contributed by atoms with Gasteiger partial charge in [-0.15, -0.1) is 0 Å². The van der Waals surface area contributed by atoms with Gasteiger partial charge in [-0.05, 0) is 36.4 Å². The summed E-state index contributed by atoms with van der Waals surface area (Å²) in [4.78, 5) is -0.271. The summed E-state index contributed by atoms with van der Waals surface area (Å²) in [7, 11) is -4.14. The number of halogens is 1. The van der Waals surface area contributed by atoms with Crippen LogP contribution in [0.3, 0.4) is 0 Å². The Labute approximate surface area is 165 Å². The van der Waals surface area contributed by atoms with Crippen LogP contribution in [0.4, 0.5) is 10.1 Å². The standard InChI is InChI=1S/C20H13FN2O5S/c21-15-6-5-13(9-12(15)10-22)29(25,26)23-16-4-2-1-3-14(16)19-17(24)7-8-18-20(19)28-11-27-18/h1-9,23-24H,11H2. The smallest absolute Gasteiger partial charge is 0.261 e. The highest BCUT2D eigenvalue weighted by Crippen LogP contribution is 2.48. The predicted octanol–water partition coefficient (Wildman–Crippen LogP) is 3.60. The number of phenolic OH excluding ortho intramolecular Hbond substituents is 1. The van der Waals surface area contributed by atoms with E-state index in [0.717, 1.165) is 18.2 Å². The van der Waals surface area contributed by atoms with Gasteiger partial charge in [-0.25, -0.2) is 12.8 Å². The maximum atomic E-state index is 13.6. The number of nitriles is 1. The molecular weight excluding hydrogens is 399 g/mol. The van der Waals surface area contributed by atoms with Crippen LogP contribution in [0.5, 0.6) is 17.2 Å². The van der Waals surface area contributed by atoms with Crippen molar-refractivity contribution in [1.82, 2.24) is 0 Å². The Bertz CT molecular complexity index is 1270. The Hall–Kier alpha value is -3.77. The minimum Gasteiger partial charge on any atom is -0.507 e. The molecule has 2 N–H and O–H groups in total. The van der Waals surface area contributed by atoms with Crippen LogP contribution in [0, 0.1) is 17.1 Å². The highest BCUT2D eigenvalue weighted by Gasteiger charge is 2.25. The molecule has 1 aliphatic rings. The van der Waals surface area contributed by atoms with Crippen molar-refractivity contribution < 1.29 is 27.4 Å². The number of rotatable bonds is 4. The minimum absolute atomic E-state index is 0.0216. The van der Waals surface area contributed by atoms with E-state index >= 15 is 0 Å². The molecule has 3 aromatic rings. The molecular formula is C20H13FN2O5S. The van der Waals surface area contributed by atoms with Gasteiger partial charge < -0.3 is 14.6 Å². The van der Waals surface area contributed by atoms with Gasteiger partial charge in [0.05, 0.1) is 21.7 Å². The van der Waals surface area contributed by atoms with Gasteiger partial charge in [0.1, 0.15) is 17.6 Å². The minimum atomic E-state index is -4.14. The quantitative estimate of drug-likeness (QED) is 0.678. The molecule has 9 heteroatoms. The van der Waals surface area contributed by atoms with Crippen molar-refractivity contribution in [1.29, 1.82) is 5.26 Å². The van der Waals surface area contributed by atoms with E-state index in [0.29, 0.717) is 17.1 Å². The zero-order valence-electron chi connectivity index (χ0n) is 14.7. The highest BCUT2D eigenvalue weighted by atomic mass is 32.2. The van der Waals surface area contributed by atoms with E-state index in [1.54, 1.807) is 30.3 Å². The van der Waals surface area contributed by atoms with Gasteiger partial charge in [0, 0.05) is 5.56 Å². The number of benzene rings is 3. The van der Waals surface area contributed by atoms with Gasteiger partial charge in [0.15, 0.2) is 11.5 Å². The first-order chi connectivity index (χ1) is 13.9. The van der Waals surface area contributed by atoms with Crippen LogP contribution in [-0.4, -0.2) is 20.3 Å². The summed E-state index contributed by atoms with van der Waals surface area (Å²) in [5, 5.41) is 19.3. The van der Waals surface area contributed by atoms with Crippen molar-refractivity contribution in [2.45, 2.75) is 4.90 Å². The second-order valence-electron chi connectivity index (χ2n) is 6.10. The molecule has 0 amide bonds. The molecule has 0 radical (unpaired) electrons. The third kappa shape index (κ3) is 3.30. The van der Waals surface area contributed by atoms with Crippen LogP contribution in [0.25, 0.3) is 11.1 Å². The van der Waals surface area contributed by atoms with Crippen LogP contribution in [0.1, 0.15) is 5.56 Å². The average molecular weight is 412 g/mol. The predicted molar refractivity (Wildman–Crippen MR) is 102 cm³/mol. The number of aromatic hydroxyl groups is 1. The molecule has 7 nitrogen and oxygen atoms in total. The SMILES string of the molecule is N#Cc1cc(S(=O)(=O)Nc2ccccc2-c2c(O)ccc3c2OCO3)ccc1F. The number of para-hydroxylation sites is 1. The van der Waals surface area contributed by atoms with E-state index in [2.05, 4.69) is 4.72 Å². The molecule has 1 aliphatic heterocycles. The summed E-state index contributed by atoms with van der Waals surface area (Å²) < 4.78 is 52.4. The fraction of sp³-hybridized carbons (Fsp3) is 0.0500. The van der Waals surface area contributed by atoms with E-state index < -0.39 is 15.8 Å². The molecule has 0 fully saturated rings. The second-order valence-corrected chi connectivity index (χ2v) is 7.78. The Kier molecular flexibility index (Phi) is 4.48. The monoisotopic (exact) mass is 412 g/mol. The van der Waals surface area contributed by atoms with Crippen LogP contribution in [-0.2, 0) is 10.0 Å². The maximum Gasteiger partial charge on any atom is 0.261 e. The molecule has 0 aromatic heterocycles. The van der Waals surface area contributed by atoms with Crippen molar-refractivity contribution in [2.75, 3.05) is 11.5 Å². The van der Waals surface area contributed by atoms with Gasteiger partial charge in [-0.1, -0.05) is 18.2 Å². The first-order valence-electron chi connectivity index (χ1n) is 8.34. The summed E-state index contributed by atoms with van der Waals surface area (Å²) in [6, 6.07) is 13.9. The summed E-state index contributed by atoms with van der Waals surface area (Å²) in [6.07, 6.45) is 0. The van der Waals surface area contributed by atoms with Crippen molar-refractivity contribution in [2.24, 2.45) is 0 Å². The molecule has 4 rings (SSSR count). The number of nitrogens with one attached hydrogen (secondary N) is 1. The fourth-order valence-corrected chi connectivity index (χ4v) is 4.08. The fourth-order valence-electron chi connectivity index (χ4n) is 2.97. The number of ether oxygens (including phenoxy) is 2. The molecule has 0 saturated carbocycles. The van der Waals surface area contributed by atoms with Gasteiger partial charge in [0.25, 0.3) is 10.0 Å². The number of sulfonamides is 1. The molecule has 0 spiro atoms. The Balaban J connectivity index is 1.80. The molecule has 0 aliphatic carbocycles. The summed E-state index contributed by atoms with van der Waals surface area (Å²) >= 11 is 0. The summed E-state index contributed by atoms with van der Waals surface area (Å²) in [6.45, 7) is -0.0216. The van der Waals surface area contributed by atoms with Crippen LogP contribution >= 0.6 is 0 Å². The lowest BCUT2D eigenvalue weighted by molar-refractivity contribution is 0.174. The van der Waals surface area contributed by atoms with Gasteiger partial charge in [-0.2, -0.15) is 5.26 Å². The zero-order valence-corrected chi connectivity index (χ0v) is 15.5. The Morgan fingerprint density at radius 2 is 1.90 bits per heavy atom. The van der Waals surface area contributed by atoms with Crippen LogP contribution in [0.15, 0.2) is 59.5 Å². The summed E-state index contributed by atoms with van der Waals surface area (Å²) in [5.74, 6) is -0.207. The van der Waals surface area contributed by atoms with Gasteiger partial charge in [-0.3, -0.25) is 4.72 Å². The first kappa shape index (κ1) is 18.6. The Morgan fingerprint density at radius 1 is 1.10 bits per heavy atom. The number of hydrogen-bond donors (Lipinski definition) is 2. The molecule has 0 bridgehead atoms. The average Bonchev–Trinajstić information content (AvgIpc) is 3.17. The van der Waals surface area contributed by atoms with Gasteiger partial charge >= 0.3 is 0 Å². The summed E-state index contributed by atoms with van der Waals surface area (Å²) in [5.41, 5.74) is 0.411. The van der Waals surface area contributed by atoms with E-state index in [1.807, 2.05) is 0 Å². The van der Waals surface area contributed by atoms with Gasteiger partial charge in [0.2, 0.25) is 6.79 Å². The molecule has 0 unspecified atom stereocenters. The Morgan fingerprint density at radius 3 is 2.69 bits per heavy atom. The lowest BCUT2D eigenvalue weighted by atomic mass is 10.0. The zero-order chi connectivity index (χ0) is 20.6. The van der Waals surface area contributed by atoms with Crippen molar-refractivity contribution in [3.8, 4) is 34.4 Å². The van der Waals surface area contributed by atoms with E-state index in [1.165, 1.54) is 12.1 Å². The third-order valence-electron chi connectivity index (χ3n) is 4.33. The lowest BCUT2D eigenvalue weighted by Crippen LogP contribution is -2.14. The molecule has 29 heavy (non-hydrogen) atoms. The first-order valence-corrected chi connectivity index (χ1v) is 9.82. The topological polar surface area (TPSA) is 109 Å². The maximum absolute atomic E-state index is 13.6. The molecule has 146 valence electrons. The molecule has 1 heterocycles. The van der Waals surface area contributed by atoms with Crippen LogP contribution < -0.4 is 14.2 Å². The molecule has 3 aromatic carbocycles. The largest absolute Gasteiger partial charge is 0.507 e. The normalized spacial score (nSPS) is 12.4. The van der Waals surface area contributed by atoms with E-state index in [-0.39, 0.29) is 34.3 Å². The number of phenols is 1. The van der Waals surface area contributed by atoms with Crippen molar-refractivity contribution in [3.05, 3.63) is 66.0 Å². The number of hydrogen-bond acceptors (Lipinski definition) is 6. The lowest BCUT2D eigenvalue weighted by Gasteiger charge is -2.15. The van der Waals surface area contributed by atoms with Crippen molar-refractivity contribution >= 4 is 15.7 Å². The van der Waals surface area contributed by atoms with E-state index in [9.17, 15) is 17.9 Å². The van der Waals surface area contributed by atoms with Crippen LogP contribution in [0.2, 0.25) is 0 Å². The third-order valence-corrected chi connectivity index (χ3v) is 5.69. The second kappa shape index (κ2) is 7.00. The van der Waals surface area contributed by atoms with E-state index in [4.69, 9.17) is 14.7 Å². The molecule has 0 saturated heterocycles. The highest BCUT2D eigenvalue weighted by molar-refractivity contribution is 7.92. The number of fused-ring (bicyclic) bond motifs is 1. The number of nitrogens with zero attached hydrogens (tertiary/aromatic N) is 1. The number of anilines is 1.